The number of nitrogens with zero attached hydrogens (tertiary/aromatic N) is 2. The summed E-state index contributed by atoms with van der Waals surface area (Å²) in [4.78, 5) is 0. The van der Waals surface area contributed by atoms with E-state index < -0.39 is 11.6 Å². The van der Waals surface area contributed by atoms with E-state index in [1.165, 1.54) is 23.7 Å². The van der Waals surface area contributed by atoms with Gasteiger partial charge in [-0.1, -0.05) is 29.8 Å². The lowest BCUT2D eigenvalue weighted by molar-refractivity contribution is 0.560. The molecular formula is C20H13ClF2N2. The highest BCUT2D eigenvalue weighted by Gasteiger charge is 2.14. The van der Waals surface area contributed by atoms with Crippen LogP contribution >= 0.6 is 11.6 Å². The Balaban J connectivity index is 1.85. The zero-order valence-corrected chi connectivity index (χ0v) is 14.1. The molecule has 2 nitrogen and oxygen atoms in total. The number of halogens is 3. The van der Waals surface area contributed by atoms with Crippen LogP contribution in [0.1, 0.15) is 5.56 Å². The van der Waals surface area contributed by atoms with Crippen molar-refractivity contribution in [2.45, 2.75) is 6.92 Å². The smallest absolute Gasteiger partial charge is 0.154 e. The summed E-state index contributed by atoms with van der Waals surface area (Å²) in [6.45, 7) is 1.41. The third-order valence-corrected chi connectivity index (χ3v) is 4.49. The average molecular weight is 355 g/mol. The number of hydrogen-bond acceptors (Lipinski definition) is 1. The predicted molar refractivity (Wildman–Crippen MR) is 96.2 cm³/mol. The summed E-state index contributed by atoms with van der Waals surface area (Å²) in [6, 6.07) is 16.0. The van der Waals surface area contributed by atoms with Crippen LogP contribution in [0.5, 0.6) is 0 Å². The van der Waals surface area contributed by atoms with E-state index in [-0.39, 0.29) is 11.3 Å². The van der Waals surface area contributed by atoms with Crippen LogP contribution in [0.2, 0.25) is 5.02 Å². The summed E-state index contributed by atoms with van der Waals surface area (Å²) in [5, 5.41) is 5.80. The lowest BCUT2D eigenvalue weighted by atomic mass is 10.0. The molecule has 1 aromatic heterocycles. The number of fused-ring (bicyclic) bond motifs is 1. The summed E-state index contributed by atoms with van der Waals surface area (Å²) in [7, 11) is 0. The minimum absolute atomic E-state index is 0.0169. The third kappa shape index (κ3) is 2.68. The second-order valence-electron chi connectivity index (χ2n) is 5.85. The maximum Gasteiger partial charge on any atom is 0.154 e. The zero-order valence-electron chi connectivity index (χ0n) is 13.3. The molecule has 0 fully saturated rings. The fourth-order valence-corrected chi connectivity index (χ4v) is 3.07. The largest absolute Gasteiger partial charge is 0.230 e. The van der Waals surface area contributed by atoms with Crippen molar-refractivity contribution < 1.29 is 8.78 Å². The highest BCUT2D eigenvalue weighted by atomic mass is 35.5. The fraction of sp³-hybridized carbons (Fsp3) is 0.0500. The van der Waals surface area contributed by atoms with Gasteiger partial charge in [-0.15, -0.1) is 0 Å². The normalized spacial score (nSPS) is 11.2. The minimum atomic E-state index is -0.607. The second-order valence-corrected chi connectivity index (χ2v) is 6.28. The molecule has 0 radical (unpaired) electrons. The topological polar surface area (TPSA) is 17.8 Å². The van der Waals surface area contributed by atoms with E-state index >= 15 is 0 Å². The molecule has 0 aliphatic carbocycles. The van der Waals surface area contributed by atoms with Crippen LogP contribution in [0.3, 0.4) is 0 Å². The van der Waals surface area contributed by atoms with Crippen LogP contribution in [0.25, 0.3) is 27.7 Å². The van der Waals surface area contributed by atoms with Gasteiger partial charge >= 0.3 is 0 Å². The molecule has 0 N–H and O–H groups in total. The highest BCUT2D eigenvalue weighted by Crippen LogP contribution is 2.28. The van der Waals surface area contributed by atoms with E-state index in [4.69, 9.17) is 11.6 Å². The molecule has 1 heterocycles. The van der Waals surface area contributed by atoms with Crippen LogP contribution in [0, 0.1) is 18.6 Å². The van der Waals surface area contributed by atoms with Gasteiger partial charge in [-0.3, -0.25) is 0 Å². The second kappa shape index (κ2) is 5.97. The molecule has 0 atom stereocenters. The van der Waals surface area contributed by atoms with Gasteiger partial charge in [0.2, 0.25) is 0 Å². The van der Waals surface area contributed by atoms with Gasteiger partial charge in [-0.05, 0) is 54.4 Å². The number of aromatic nitrogens is 2. The van der Waals surface area contributed by atoms with Crippen molar-refractivity contribution in [3.05, 3.63) is 83.0 Å². The Kier molecular flexibility index (Phi) is 3.77. The van der Waals surface area contributed by atoms with Crippen LogP contribution < -0.4 is 0 Å². The molecule has 0 saturated carbocycles. The van der Waals surface area contributed by atoms with Crippen LogP contribution in [-0.2, 0) is 0 Å². The molecule has 0 saturated heterocycles. The Bertz CT molecular complexity index is 1100. The van der Waals surface area contributed by atoms with Crippen molar-refractivity contribution >= 4 is 22.5 Å². The standard InChI is InChI=1S/C20H13ClF2N2/c1-12-17(22)6-8-19(20(12)23)25-18-7-5-14(9-15(18)11-24-25)13-3-2-4-16(21)10-13/h2-11H,1H3. The predicted octanol–water partition coefficient (Wildman–Crippen LogP) is 5.93. The molecule has 124 valence electrons. The Morgan fingerprint density at radius 2 is 1.76 bits per heavy atom. The molecule has 0 unspecified atom stereocenters. The van der Waals surface area contributed by atoms with E-state index in [1.807, 2.05) is 42.5 Å². The molecule has 5 heteroatoms. The van der Waals surface area contributed by atoms with E-state index in [1.54, 1.807) is 6.20 Å². The first kappa shape index (κ1) is 15.8. The highest BCUT2D eigenvalue weighted by molar-refractivity contribution is 6.30. The summed E-state index contributed by atoms with van der Waals surface area (Å²) >= 11 is 6.05. The molecule has 0 amide bonds. The van der Waals surface area contributed by atoms with Crippen LogP contribution in [0.15, 0.2) is 60.8 Å². The molecule has 0 spiro atoms. The van der Waals surface area contributed by atoms with Crippen molar-refractivity contribution in [1.82, 2.24) is 9.78 Å². The van der Waals surface area contributed by atoms with Crippen molar-refractivity contribution in [1.29, 1.82) is 0 Å². The first-order valence-corrected chi connectivity index (χ1v) is 8.11. The van der Waals surface area contributed by atoms with Crippen molar-refractivity contribution in [2.75, 3.05) is 0 Å². The molecule has 0 aliphatic rings. The van der Waals surface area contributed by atoms with Gasteiger partial charge in [0.1, 0.15) is 11.5 Å². The lowest BCUT2D eigenvalue weighted by Gasteiger charge is -2.08. The molecular weight excluding hydrogens is 342 g/mol. The SMILES string of the molecule is Cc1c(F)ccc(-n2ncc3cc(-c4cccc(Cl)c4)ccc32)c1F. The first-order valence-electron chi connectivity index (χ1n) is 7.73. The van der Waals surface area contributed by atoms with Gasteiger partial charge in [-0.25, -0.2) is 13.5 Å². The molecule has 0 aliphatic heterocycles. The van der Waals surface area contributed by atoms with Crippen molar-refractivity contribution in [3.63, 3.8) is 0 Å². The van der Waals surface area contributed by atoms with E-state index in [2.05, 4.69) is 5.10 Å². The molecule has 25 heavy (non-hydrogen) atoms. The molecule has 0 bridgehead atoms. The van der Waals surface area contributed by atoms with Crippen LogP contribution in [0.4, 0.5) is 8.78 Å². The van der Waals surface area contributed by atoms with E-state index in [0.717, 1.165) is 22.0 Å². The molecule has 4 rings (SSSR count). The molecule has 4 aromatic rings. The minimum Gasteiger partial charge on any atom is -0.230 e. The van der Waals surface area contributed by atoms with Gasteiger partial charge in [0.15, 0.2) is 5.82 Å². The maximum atomic E-state index is 14.4. The third-order valence-electron chi connectivity index (χ3n) is 4.25. The van der Waals surface area contributed by atoms with Crippen molar-refractivity contribution in [3.8, 4) is 16.8 Å². The van der Waals surface area contributed by atoms with Gasteiger partial charge in [0.05, 0.1) is 11.7 Å². The summed E-state index contributed by atoms with van der Waals surface area (Å²) in [5.74, 6) is -1.18. The van der Waals surface area contributed by atoms with Gasteiger partial charge in [-0.2, -0.15) is 5.10 Å². The van der Waals surface area contributed by atoms with E-state index in [0.29, 0.717) is 5.02 Å². The summed E-state index contributed by atoms with van der Waals surface area (Å²) in [6.07, 6.45) is 1.67. The first-order chi connectivity index (χ1) is 12.0. The van der Waals surface area contributed by atoms with Crippen LogP contribution in [-0.4, -0.2) is 9.78 Å². The quantitative estimate of drug-likeness (QED) is 0.436. The fourth-order valence-electron chi connectivity index (χ4n) is 2.88. The Hall–Kier alpha value is -2.72. The average Bonchev–Trinajstić information content (AvgIpc) is 3.03. The zero-order chi connectivity index (χ0) is 17.6. The van der Waals surface area contributed by atoms with E-state index in [9.17, 15) is 8.78 Å². The van der Waals surface area contributed by atoms with Gasteiger partial charge < -0.3 is 0 Å². The lowest BCUT2D eigenvalue weighted by Crippen LogP contribution is -2.02. The Morgan fingerprint density at radius 1 is 0.960 bits per heavy atom. The summed E-state index contributed by atoms with van der Waals surface area (Å²) in [5.41, 5.74) is 2.94. The van der Waals surface area contributed by atoms with Gasteiger partial charge in [0, 0.05) is 16.0 Å². The number of benzene rings is 3. The van der Waals surface area contributed by atoms with Gasteiger partial charge in [0.25, 0.3) is 0 Å². The summed E-state index contributed by atoms with van der Waals surface area (Å²) < 4.78 is 29.4. The Morgan fingerprint density at radius 3 is 2.56 bits per heavy atom. The number of hydrogen-bond donors (Lipinski definition) is 0. The number of rotatable bonds is 2. The maximum absolute atomic E-state index is 14.4. The monoisotopic (exact) mass is 354 g/mol. The Labute approximate surface area is 148 Å². The van der Waals surface area contributed by atoms with Crippen molar-refractivity contribution in [2.24, 2.45) is 0 Å². The molecule has 3 aromatic carbocycles.